The van der Waals surface area contributed by atoms with Crippen molar-refractivity contribution in [1.29, 1.82) is 0 Å². The highest BCUT2D eigenvalue weighted by Gasteiger charge is 2.30. The van der Waals surface area contributed by atoms with Crippen LogP contribution < -0.4 is 5.32 Å². The van der Waals surface area contributed by atoms with Gasteiger partial charge < -0.3 is 10.1 Å². The van der Waals surface area contributed by atoms with E-state index in [1.54, 1.807) is 0 Å². The number of ether oxygens (including phenoxy) is 1. The third-order valence-electron chi connectivity index (χ3n) is 4.82. The molecule has 138 valence electrons. The van der Waals surface area contributed by atoms with Gasteiger partial charge in [-0.05, 0) is 51.0 Å². The quantitative estimate of drug-likeness (QED) is 0.835. The van der Waals surface area contributed by atoms with Crippen molar-refractivity contribution in [1.82, 2.24) is 5.32 Å². The Morgan fingerprint density at radius 1 is 1.16 bits per heavy atom. The molecule has 1 aliphatic carbocycles. The predicted molar refractivity (Wildman–Crippen MR) is 99.6 cm³/mol. The first-order valence-corrected chi connectivity index (χ1v) is 9.33. The lowest BCUT2D eigenvalue weighted by Gasteiger charge is -2.28. The van der Waals surface area contributed by atoms with Crippen molar-refractivity contribution >= 4 is 11.9 Å². The number of ketones is 1. The van der Waals surface area contributed by atoms with Crippen LogP contribution in [0.15, 0.2) is 30.3 Å². The Labute approximate surface area is 151 Å². The Kier molecular flexibility index (Phi) is 6.63. The van der Waals surface area contributed by atoms with Gasteiger partial charge in [-0.2, -0.15) is 0 Å². The lowest BCUT2D eigenvalue weighted by molar-refractivity contribution is -0.121. The average Bonchev–Trinajstić information content (AvgIpc) is 2.59. The second-order valence-corrected chi connectivity index (χ2v) is 8.14. The van der Waals surface area contributed by atoms with E-state index in [-0.39, 0.29) is 11.7 Å². The van der Waals surface area contributed by atoms with Crippen molar-refractivity contribution in [2.24, 2.45) is 5.92 Å². The maximum Gasteiger partial charge on any atom is 0.408 e. The van der Waals surface area contributed by atoms with E-state index < -0.39 is 17.7 Å². The van der Waals surface area contributed by atoms with Gasteiger partial charge in [0, 0.05) is 6.42 Å². The molecule has 1 aromatic carbocycles. The second-order valence-electron chi connectivity index (χ2n) is 8.14. The van der Waals surface area contributed by atoms with Gasteiger partial charge >= 0.3 is 6.09 Å². The summed E-state index contributed by atoms with van der Waals surface area (Å²) in [4.78, 5) is 24.8. The molecule has 25 heavy (non-hydrogen) atoms. The Morgan fingerprint density at radius 3 is 2.48 bits per heavy atom. The number of amides is 1. The van der Waals surface area contributed by atoms with Gasteiger partial charge in [0.05, 0.1) is 6.04 Å². The molecule has 0 radical (unpaired) electrons. The molecule has 1 amide bonds. The zero-order valence-electron chi connectivity index (χ0n) is 15.9. The number of nitrogens with one attached hydrogen (secondary N) is 1. The average molecular weight is 345 g/mol. The van der Waals surface area contributed by atoms with E-state index in [4.69, 9.17) is 4.74 Å². The fraction of sp³-hybridized carbons (Fsp3) is 0.619. The number of rotatable bonds is 2. The molecule has 3 atom stereocenters. The number of hydrogen-bond donors (Lipinski definition) is 1. The molecule has 4 nitrogen and oxygen atoms in total. The lowest BCUT2D eigenvalue weighted by Crippen LogP contribution is -2.44. The van der Waals surface area contributed by atoms with Crippen molar-refractivity contribution in [2.75, 3.05) is 0 Å². The smallest absolute Gasteiger partial charge is 0.408 e. The highest BCUT2D eigenvalue weighted by atomic mass is 16.6. The van der Waals surface area contributed by atoms with Gasteiger partial charge in [-0.15, -0.1) is 0 Å². The minimum absolute atomic E-state index is 0.112. The zero-order chi connectivity index (χ0) is 18.4. The fourth-order valence-corrected chi connectivity index (χ4v) is 3.51. The molecule has 0 unspecified atom stereocenters. The Hall–Kier alpha value is -1.84. The normalized spacial score (nSPS) is 25.4. The van der Waals surface area contributed by atoms with Gasteiger partial charge in [-0.3, -0.25) is 4.79 Å². The van der Waals surface area contributed by atoms with Crippen LogP contribution in [0.2, 0.25) is 0 Å². The summed E-state index contributed by atoms with van der Waals surface area (Å²) in [6.45, 7) is 7.73. The second kappa shape index (κ2) is 8.50. The van der Waals surface area contributed by atoms with E-state index in [9.17, 15) is 9.59 Å². The number of alkyl carbamates (subject to hydrolysis) is 1. The molecule has 4 heteroatoms. The molecular formula is C21H31NO3. The van der Waals surface area contributed by atoms with Gasteiger partial charge in [-0.1, -0.05) is 50.1 Å². The molecule has 1 aliphatic rings. The minimum Gasteiger partial charge on any atom is -0.444 e. The molecule has 0 aromatic heterocycles. The molecule has 1 aromatic rings. The highest BCUT2D eigenvalue weighted by Crippen LogP contribution is 2.34. The molecular weight excluding hydrogens is 314 g/mol. The fourth-order valence-electron chi connectivity index (χ4n) is 3.51. The molecule has 0 spiro atoms. The third-order valence-corrected chi connectivity index (χ3v) is 4.82. The summed E-state index contributed by atoms with van der Waals surface area (Å²) >= 11 is 0. The van der Waals surface area contributed by atoms with Crippen molar-refractivity contribution in [3.8, 4) is 0 Å². The number of carbonyl (C=O) groups excluding carboxylic acids is 2. The Bertz CT molecular complexity index is 577. The van der Waals surface area contributed by atoms with Crippen molar-refractivity contribution in [3.05, 3.63) is 35.9 Å². The largest absolute Gasteiger partial charge is 0.444 e. The van der Waals surface area contributed by atoms with Gasteiger partial charge in [-0.25, -0.2) is 4.79 Å². The number of carbonyl (C=O) groups is 2. The summed E-state index contributed by atoms with van der Waals surface area (Å²) in [6, 6.07) is 9.83. The van der Waals surface area contributed by atoms with E-state index in [1.165, 1.54) is 5.56 Å². The number of Topliss-reactive ketones (excluding diaryl/α,β-unsaturated/α-hetero) is 1. The molecule has 0 bridgehead atoms. The van der Waals surface area contributed by atoms with Crippen molar-refractivity contribution < 1.29 is 14.3 Å². The van der Waals surface area contributed by atoms with Crippen LogP contribution in [0.3, 0.4) is 0 Å². The van der Waals surface area contributed by atoms with E-state index in [1.807, 2.05) is 39.0 Å². The monoisotopic (exact) mass is 345 g/mol. The van der Waals surface area contributed by atoms with E-state index in [0.717, 1.165) is 19.3 Å². The van der Waals surface area contributed by atoms with Crippen LogP contribution in [0.4, 0.5) is 4.79 Å². The predicted octanol–water partition coefficient (Wildman–Crippen LogP) is 4.83. The van der Waals surface area contributed by atoms with Crippen LogP contribution >= 0.6 is 0 Å². The first-order valence-electron chi connectivity index (χ1n) is 9.33. The minimum atomic E-state index is -0.572. The highest BCUT2D eigenvalue weighted by molar-refractivity contribution is 5.87. The standard InChI is InChI=1S/C21H31NO3/c1-15-10-8-9-13-19(23)18(22-20(24)25-21(2,3)4)14-17(15)16-11-6-5-7-12-16/h5-7,11-12,15,17-18H,8-10,13-14H2,1-4H3,(H,22,24)/t15-,17-,18+/m0/s1. The van der Waals surface area contributed by atoms with E-state index >= 15 is 0 Å². The van der Waals surface area contributed by atoms with Gasteiger partial charge in [0.25, 0.3) is 0 Å². The van der Waals surface area contributed by atoms with E-state index in [0.29, 0.717) is 18.8 Å². The summed E-state index contributed by atoms with van der Waals surface area (Å²) in [7, 11) is 0. The number of hydrogen-bond acceptors (Lipinski definition) is 3. The third kappa shape index (κ3) is 6.18. The van der Waals surface area contributed by atoms with Gasteiger partial charge in [0.15, 0.2) is 5.78 Å². The summed E-state index contributed by atoms with van der Waals surface area (Å²) in [5.41, 5.74) is 0.665. The van der Waals surface area contributed by atoms with Crippen LogP contribution in [0.5, 0.6) is 0 Å². The topological polar surface area (TPSA) is 55.4 Å². The molecule has 1 N–H and O–H groups in total. The van der Waals surface area contributed by atoms with Crippen LogP contribution in [-0.2, 0) is 9.53 Å². The van der Waals surface area contributed by atoms with Crippen LogP contribution in [0.1, 0.15) is 71.3 Å². The molecule has 1 saturated carbocycles. The van der Waals surface area contributed by atoms with Gasteiger partial charge in [0.1, 0.15) is 5.60 Å². The summed E-state index contributed by atoms with van der Waals surface area (Å²) in [6.07, 6.45) is 3.68. The maximum atomic E-state index is 12.6. The Morgan fingerprint density at radius 2 is 1.84 bits per heavy atom. The SMILES string of the molecule is C[C@H]1CCCCC(=O)[C@H](NC(=O)OC(C)(C)C)C[C@@H]1c1ccccc1. The molecule has 0 saturated heterocycles. The lowest BCUT2D eigenvalue weighted by atomic mass is 9.80. The summed E-state index contributed by atoms with van der Waals surface area (Å²) < 4.78 is 5.36. The van der Waals surface area contributed by atoms with Crippen LogP contribution in [0.25, 0.3) is 0 Å². The first-order chi connectivity index (χ1) is 11.8. The molecule has 0 heterocycles. The molecule has 2 rings (SSSR count). The zero-order valence-corrected chi connectivity index (χ0v) is 15.9. The van der Waals surface area contributed by atoms with Crippen molar-refractivity contribution in [2.45, 2.75) is 77.4 Å². The van der Waals surface area contributed by atoms with Crippen LogP contribution in [0, 0.1) is 5.92 Å². The van der Waals surface area contributed by atoms with Gasteiger partial charge in [0.2, 0.25) is 0 Å². The first kappa shape index (κ1) is 19.5. The summed E-state index contributed by atoms with van der Waals surface area (Å²) in [5, 5.41) is 2.83. The van der Waals surface area contributed by atoms with E-state index in [2.05, 4.69) is 24.4 Å². The Balaban J connectivity index is 2.19. The molecule has 0 aliphatic heterocycles. The number of benzene rings is 1. The van der Waals surface area contributed by atoms with Crippen molar-refractivity contribution in [3.63, 3.8) is 0 Å². The van der Waals surface area contributed by atoms with Crippen LogP contribution in [-0.4, -0.2) is 23.5 Å². The molecule has 1 fully saturated rings. The maximum absolute atomic E-state index is 12.6. The summed E-state index contributed by atoms with van der Waals surface area (Å²) in [5.74, 6) is 0.834.